The highest BCUT2D eigenvalue weighted by atomic mass is 19.2. The van der Waals surface area contributed by atoms with Gasteiger partial charge in [-0.25, -0.2) is 8.78 Å². The maximum atomic E-state index is 14.1. The summed E-state index contributed by atoms with van der Waals surface area (Å²) in [4.78, 5) is 0. The van der Waals surface area contributed by atoms with E-state index in [-0.39, 0.29) is 5.92 Å². The zero-order valence-electron chi connectivity index (χ0n) is 24.7. The lowest BCUT2D eigenvalue weighted by Gasteiger charge is -2.38. The molecule has 3 heteroatoms. The molecule has 0 bridgehead atoms. The lowest BCUT2D eigenvalue weighted by molar-refractivity contribution is -0.0840. The van der Waals surface area contributed by atoms with E-state index >= 15 is 0 Å². The Morgan fingerprint density at radius 1 is 0.686 bits per heavy atom. The van der Waals surface area contributed by atoms with E-state index in [0.717, 1.165) is 24.2 Å². The molecule has 0 saturated heterocycles. The first-order chi connectivity index (χ1) is 16.9. The van der Waals surface area contributed by atoms with E-state index in [2.05, 4.69) is 40.3 Å². The molecule has 3 aliphatic rings. The van der Waals surface area contributed by atoms with Gasteiger partial charge in [-0.15, -0.1) is 6.58 Å². The van der Waals surface area contributed by atoms with Crippen LogP contribution in [0.3, 0.4) is 0 Å². The molecule has 210 valence electrons. The summed E-state index contributed by atoms with van der Waals surface area (Å²) in [7, 11) is 0. The third kappa shape index (κ3) is 13.6. The normalized spacial score (nSPS) is 34.7. The minimum absolute atomic E-state index is 0.165. The van der Waals surface area contributed by atoms with Crippen LogP contribution in [-0.4, -0.2) is 25.1 Å². The molecule has 0 radical (unpaired) electrons. The van der Waals surface area contributed by atoms with Crippen molar-refractivity contribution in [2.75, 3.05) is 6.61 Å². The Hall–Kier alpha value is -0.440. The SMILES string of the molecule is C=CC1CCC(C2CCC(COC3CCC(C)C(F)C3F)CC2)CC1.CC.CCCC.CCCC. The van der Waals surface area contributed by atoms with Crippen LogP contribution in [0.25, 0.3) is 0 Å². The molecule has 0 aromatic rings. The van der Waals surface area contributed by atoms with Gasteiger partial charge in [0.05, 0.1) is 6.10 Å². The van der Waals surface area contributed by atoms with Crippen LogP contribution in [0.1, 0.15) is 138 Å². The monoisotopic (exact) mass is 500 g/mol. The fourth-order valence-electron chi connectivity index (χ4n) is 5.38. The van der Waals surface area contributed by atoms with Crippen molar-refractivity contribution < 1.29 is 13.5 Å². The number of ether oxygens (including phenoxy) is 1. The quantitative estimate of drug-likeness (QED) is 0.316. The molecule has 3 rings (SSSR count). The first-order valence-corrected chi connectivity index (χ1v) is 15.4. The van der Waals surface area contributed by atoms with Crippen molar-refractivity contribution in [3.05, 3.63) is 12.7 Å². The van der Waals surface area contributed by atoms with Gasteiger partial charge in [-0.1, -0.05) is 80.2 Å². The Morgan fingerprint density at radius 2 is 1.14 bits per heavy atom. The second-order valence-electron chi connectivity index (χ2n) is 11.0. The van der Waals surface area contributed by atoms with Gasteiger partial charge in [0, 0.05) is 6.61 Å². The van der Waals surface area contributed by atoms with Crippen LogP contribution in [0.2, 0.25) is 0 Å². The summed E-state index contributed by atoms with van der Waals surface area (Å²) in [6.45, 7) is 19.1. The summed E-state index contributed by atoms with van der Waals surface area (Å²) in [5.41, 5.74) is 0. The Bertz CT molecular complexity index is 458. The standard InChI is InChI=1S/C22H36F2O.2C4H10.C2H6/c1-3-16-5-9-18(10-6-16)19-11-7-17(8-12-19)14-25-20-13-4-15(2)21(23)22(20)24;2*1-3-4-2;1-2/h3,15-22H,1,4-14H2,2H3;2*3-4H2,1-2H3;1-2H3. The minimum atomic E-state index is -1.43. The van der Waals surface area contributed by atoms with Crippen LogP contribution >= 0.6 is 0 Å². The fourth-order valence-corrected chi connectivity index (χ4v) is 5.38. The van der Waals surface area contributed by atoms with E-state index in [1.54, 1.807) is 6.92 Å². The smallest absolute Gasteiger partial charge is 0.157 e. The molecule has 3 saturated carbocycles. The molecular formula is C32H62F2O. The Morgan fingerprint density at radius 3 is 1.57 bits per heavy atom. The molecular weight excluding hydrogens is 438 g/mol. The zero-order valence-corrected chi connectivity index (χ0v) is 24.7. The highest BCUT2D eigenvalue weighted by Gasteiger charge is 2.39. The number of allylic oxidation sites excluding steroid dienone is 1. The molecule has 4 atom stereocenters. The van der Waals surface area contributed by atoms with Crippen molar-refractivity contribution in [1.29, 1.82) is 0 Å². The number of hydrogen-bond donors (Lipinski definition) is 0. The number of rotatable bonds is 7. The Labute approximate surface area is 219 Å². The van der Waals surface area contributed by atoms with E-state index in [0.29, 0.717) is 18.9 Å². The van der Waals surface area contributed by atoms with E-state index < -0.39 is 18.4 Å². The summed E-state index contributed by atoms with van der Waals surface area (Å²) < 4.78 is 33.8. The second-order valence-corrected chi connectivity index (χ2v) is 11.0. The van der Waals surface area contributed by atoms with Crippen molar-refractivity contribution >= 4 is 0 Å². The van der Waals surface area contributed by atoms with Crippen LogP contribution in [0.5, 0.6) is 0 Å². The predicted octanol–water partition coefficient (Wildman–Crippen LogP) is 10.9. The number of alkyl halides is 2. The van der Waals surface area contributed by atoms with E-state index in [9.17, 15) is 8.78 Å². The van der Waals surface area contributed by atoms with Gasteiger partial charge in [0.15, 0.2) is 6.17 Å². The molecule has 0 heterocycles. The molecule has 1 nitrogen and oxygen atoms in total. The van der Waals surface area contributed by atoms with Crippen molar-refractivity contribution in [2.45, 2.75) is 157 Å². The van der Waals surface area contributed by atoms with Crippen LogP contribution in [0.15, 0.2) is 12.7 Å². The molecule has 0 spiro atoms. The summed E-state index contributed by atoms with van der Waals surface area (Å²) in [5, 5.41) is 0. The van der Waals surface area contributed by atoms with Gasteiger partial charge in [0.25, 0.3) is 0 Å². The van der Waals surface area contributed by atoms with E-state index in [1.165, 1.54) is 77.0 Å². The highest BCUT2D eigenvalue weighted by molar-refractivity contribution is 4.89. The molecule has 35 heavy (non-hydrogen) atoms. The molecule has 0 amide bonds. The summed E-state index contributed by atoms with van der Waals surface area (Å²) >= 11 is 0. The summed E-state index contributed by atoms with van der Waals surface area (Å²) in [6.07, 6.45) is 15.9. The summed E-state index contributed by atoms with van der Waals surface area (Å²) in [6, 6.07) is 0. The fraction of sp³-hybridized carbons (Fsp3) is 0.938. The molecule has 3 aliphatic carbocycles. The Kier molecular flexibility index (Phi) is 21.4. The zero-order chi connectivity index (χ0) is 26.6. The lowest BCUT2D eigenvalue weighted by Crippen LogP contribution is -2.42. The maximum absolute atomic E-state index is 14.1. The first-order valence-electron chi connectivity index (χ1n) is 15.4. The maximum Gasteiger partial charge on any atom is 0.157 e. The van der Waals surface area contributed by atoms with E-state index in [4.69, 9.17) is 4.74 Å². The molecule has 3 fully saturated rings. The third-order valence-electron chi connectivity index (χ3n) is 8.36. The largest absolute Gasteiger partial charge is 0.375 e. The molecule has 0 N–H and O–H groups in total. The first kappa shape index (κ1) is 34.6. The van der Waals surface area contributed by atoms with Crippen molar-refractivity contribution in [2.24, 2.45) is 29.6 Å². The number of halogens is 2. The second kappa shape index (κ2) is 21.6. The molecule has 0 aromatic heterocycles. The number of unbranched alkanes of at least 4 members (excludes halogenated alkanes) is 2. The average molecular weight is 501 g/mol. The van der Waals surface area contributed by atoms with Gasteiger partial charge >= 0.3 is 0 Å². The molecule has 0 aromatic carbocycles. The van der Waals surface area contributed by atoms with Gasteiger partial charge < -0.3 is 4.74 Å². The summed E-state index contributed by atoms with van der Waals surface area (Å²) in [5.74, 6) is 2.90. The van der Waals surface area contributed by atoms with Gasteiger partial charge in [0.1, 0.15) is 6.17 Å². The highest BCUT2D eigenvalue weighted by Crippen LogP contribution is 2.42. The third-order valence-corrected chi connectivity index (χ3v) is 8.36. The van der Waals surface area contributed by atoms with Crippen LogP contribution in [-0.2, 0) is 4.74 Å². The van der Waals surface area contributed by atoms with Gasteiger partial charge in [0.2, 0.25) is 0 Å². The van der Waals surface area contributed by atoms with Crippen LogP contribution in [0.4, 0.5) is 8.78 Å². The molecule has 4 unspecified atom stereocenters. The van der Waals surface area contributed by atoms with Crippen molar-refractivity contribution in [1.82, 2.24) is 0 Å². The number of hydrogen-bond acceptors (Lipinski definition) is 1. The van der Waals surface area contributed by atoms with Crippen molar-refractivity contribution in [3.8, 4) is 0 Å². The molecule has 0 aliphatic heterocycles. The van der Waals surface area contributed by atoms with E-state index in [1.807, 2.05) is 13.8 Å². The van der Waals surface area contributed by atoms with Crippen LogP contribution < -0.4 is 0 Å². The predicted molar refractivity (Wildman–Crippen MR) is 152 cm³/mol. The van der Waals surface area contributed by atoms with Gasteiger partial charge in [-0.05, 0) is 93.8 Å². The van der Waals surface area contributed by atoms with Gasteiger partial charge in [-0.3, -0.25) is 0 Å². The van der Waals surface area contributed by atoms with Crippen molar-refractivity contribution in [3.63, 3.8) is 0 Å². The minimum Gasteiger partial charge on any atom is -0.375 e. The lowest BCUT2D eigenvalue weighted by atomic mass is 9.69. The topological polar surface area (TPSA) is 9.23 Å². The average Bonchev–Trinajstić information content (AvgIpc) is 2.93. The van der Waals surface area contributed by atoms with Gasteiger partial charge in [-0.2, -0.15) is 0 Å². The van der Waals surface area contributed by atoms with Crippen LogP contribution in [0, 0.1) is 29.6 Å². The Balaban J connectivity index is 0.000000994.